The smallest absolute Gasteiger partial charge is 0.422 e. The third-order valence-electron chi connectivity index (χ3n) is 3.49. The van der Waals surface area contributed by atoms with Gasteiger partial charge in [-0.05, 0) is 30.2 Å². The van der Waals surface area contributed by atoms with Crippen LogP contribution in [0.25, 0.3) is 0 Å². The van der Waals surface area contributed by atoms with Gasteiger partial charge in [-0.3, -0.25) is 4.79 Å². The Morgan fingerprint density at radius 3 is 2.50 bits per heavy atom. The van der Waals surface area contributed by atoms with Gasteiger partial charge in [-0.1, -0.05) is 18.2 Å². The average molecular weight is 404 g/mol. The van der Waals surface area contributed by atoms with Gasteiger partial charge < -0.3 is 14.8 Å². The van der Waals surface area contributed by atoms with Gasteiger partial charge in [0.15, 0.2) is 6.61 Å². The molecule has 0 aliphatic rings. The first-order chi connectivity index (χ1) is 13.2. The van der Waals surface area contributed by atoms with Crippen molar-refractivity contribution in [2.75, 3.05) is 6.61 Å². The van der Waals surface area contributed by atoms with Crippen LogP contribution in [0.4, 0.5) is 22.0 Å². The number of amides is 1. The number of ether oxygens (including phenoxy) is 2. The average Bonchev–Trinajstić information content (AvgIpc) is 2.63. The molecule has 1 N–H and O–H groups in total. The summed E-state index contributed by atoms with van der Waals surface area (Å²) in [6.07, 6.45) is -2.74. The number of pyridine rings is 1. The maximum Gasteiger partial charge on any atom is 0.422 e. The number of alkyl halides is 5. The van der Waals surface area contributed by atoms with Crippen LogP contribution in [0.5, 0.6) is 11.6 Å². The van der Waals surface area contributed by atoms with E-state index in [4.69, 9.17) is 0 Å². The Bertz CT molecular complexity index is 767. The lowest BCUT2D eigenvalue weighted by atomic mass is 10.1. The molecule has 28 heavy (non-hydrogen) atoms. The highest BCUT2D eigenvalue weighted by Gasteiger charge is 2.29. The van der Waals surface area contributed by atoms with E-state index in [2.05, 4.69) is 19.8 Å². The number of carbonyl (C=O) groups is 1. The van der Waals surface area contributed by atoms with Gasteiger partial charge in [-0.15, -0.1) is 0 Å². The number of halogens is 5. The van der Waals surface area contributed by atoms with E-state index in [9.17, 15) is 26.7 Å². The normalized spacial score (nSPS) is 11.4. The van der Waals surface area contributed by atoms with Crippen molar-refractivity contribution in [1.29, 1.82) is 0 Å². The zero-order valence-corrected chi connectivity index (χ0v) is 14.5. The Morgan fingerprint density at radius 2 is 1.86 bits per heavy atom. The Labute approximate surface area is 157 Å². The molecule has 10 heteroatoms. The molecule has 1 heterocycles. The van der Waals surface area contributed by atoms with Crippen LogP contribution in [-0.4, -0.2) is 30.3 Å². The number of aromatic nitrogens is 1. The highest BCUT2D eigenvalue weighted by molar-refractivity contribution is 5.76. The molecular weight excluding hydrogens is 387 g/mol. The number of nitrogens with one attached hydrogen (secondary N) is 1. The molecule has 5 nitrogen and oxygen atoms in total. The molecule has 0 aliphatic carbocycles. The summed E-state index contributed by atoms with van der Waals surface area (Å²) >= 11 is 0. The molecule has 1 amide bonds. The molecule has 0 radical (unpaired) electrons. The van der Waals surface area contributed by atoms with Crippen molar-refractivity contribution in [1.82, 2.24) is 10.3 Å². The molecule has 0 spiro atoms. The van der Waals surface area contributed by atoms with Gasteiger partial charge in [0.25, 0.3) is 0 Å². The summed E-state index contributed by atoms with van der Waals surface area (Å²) in [5.41, 5.74) is 1.06. The second kappa shape index (κ2) is 9.86. The van der Waals surface area contributed by atoms with E-state index in [0.717, 1.165) is 5.56 Å². The second-order valence-corrected chi connectivity index (χ2v) is 5.67. The summed E-state index contributed by atoms with van der Waals surface area (Å²) in [5.74, 6) is -0.514. The third-order valence-corrected chi connectivity index (χ3v) is 3.49. The number of benzene rings is 1. The van der Waals surface area contributed by atoms with E-state index in [1.54, 1.807) is 12.1 Å². The van der Waals surface area contributed by atoms with Gasteiger partial charge in [-0.2, -0.15) is 22.0 Å². The van der Waals surface area contributed by atoms with Gasteiger partial charge in [-0.25, -0.2) is 4.98 Å². The number of aryl methyl sites for hydroxylation is 1. The molecule has 0 atom stereocenters. The molecular formula is C18H17F5N2O3. The van der Waals surface area contributed by atoms with Crippen LogP contribution in [0.1, 0.15) is 17.5 Å². The number of rotatable bonds is 9. The summed E-state index contributed by atoms with van der Waals surface area (Å²) < 4.78 is 69.9. The summed E-state index contributed by atoms with van der Waals surface area (Å²) in [6.45, 7) is -4.42. The van der Waals surface area contributed by atoms with Gasteiger partial charge in [0.2, 0.25) is 11.8 Å². The molecule has 1 aromatic carbocycles. The fourth-order valence-corrected chi connectivity index (χ4v) is 2.22. The Morgan fingerprint density at radius 1 is 1.14 bits per heavy atom. The first-order valence-corrected chi connectivity index (χ1v) is 8.17. The predicted molar refractivity (Wildman–Crippen MR) is 89.0 cm³/mol. The molecule has 0 fully saturated rings. The third kappa shape index (κ3) is 7.77. The summed E-state index contributed by atoms with van der Waals surface area (Å²) in [6, 6.07) is 8.90. The fraction of sp³-hybridized carbons (Fsp3) is 0.333. The monoisotopic (exact) mass is 404 g/mol. The zero-order valence-electron chi connectivity index (χ0n) is 14.5. The number of nitrogens with zero attached hydrogens (tertiary/aromatic N) is 1. The summed E-state index contributed by atoms with van der Waals surface area (Å²) in [7, 11) is 0. The van der Waals surface area contributed by atoms with Crippen LogP contribution in [0, 0.1) is 0 Å². The minimum absolute atomic E-state index is 0.0196. The molecule has 2 aromatic rings. The van der Waals surface area contributed by atoms with Crippen molar-refractivity contribution < 1.29 is 36.2 Å². The van der Waals surface area contributed by atoms with Crippen molar-refractivity contribution in [3.05, 3.63) is 53.7 Å². The van der Waals surface area contributed by atoms with Crippen molar-refractivity contribution in [2.45, 2.75) is 32.2 Å². The molecule has 0 saturated carbocycles. The van der Waals surface area contributed by atoms with Crippen LogP contribution in [-0.2, 0) is 17.8 Å². The van der Waals surface area contributed by atoms with Crippen molar-refractivity contribution >= 4 is 5.91 Å². The molecule has 152 valence electrons. The Kier molecular flexibility index (Phi) is 7.53. The van der Waals surface area contributed by atoms with E-state index in [1.165, 1.54) is 30.5 Å². The summed E-state index contributed by atoms with van der Waals surface area (Å²) in [4.78, 5) is 15.7. The van der Waals surface area contributed by atoms with Crippen LogP contribution < -0.4 is 14.8 Å². The SMILES string of the molecule is O=C(CCc1ccc(OC(F)F)cc1)NCc1cccnc1OCC(F)(F)F. The number of carbonyl (C=O) groups excluding carboxylic acids is 1. The largest absolute Gasteiger partial charge is 0.468 e. The standard InChI is InChI=1S/C18H17F5N2O3/c19-17(20)28-14-6-3-12(4-7-14)5-8-15(26)25-10-13-2-1-9-24-16(13)27-11-18(21,22)23/h1-4,6-7,9,17H,5,8,10-11H2,(H,25,26). The molecule has 0 saturated heterocycles. The van der Waals surface area contributed by atoms with Gasteiger partial charge >= 0.3 is 12.8 Å². The number of hydrogen-bond donors (Lipinski definition) is 1. The molecule has 1 aromatic heterocycles. The molecule has 2 rings (SSSR count). The van der Waals surface area contributed by atoms with Gasteiger partial charge in [0, 0.05) is 24.7 Å². The van der Waals surface area contributed by atoms with Crippen LogP contribution >= 0.6 is 0 Å². The van der Waals surface area contributed by atoms with E-state index >= 15 is 0 Å². The van der Waals surface area contributed by atoms with Crippen LogP contribution in [0.15, 0.2) is 42.6 Å². The maximum absolute atomic E-state index is 12.3. The lowest BCUT2D eigenvalue weighted by Gasteiger charge is -2.12. The van der Waals surface area contributed by atoms with Crippen LogP contribution in [0.2, 0.25) is 0 Å². The van der Waals surface area contributed by atoms with Crippen molar-refractivity contribution in [3.8, 4) is 11.6 Å². The first-order valence-electron chi connectivity index (χ1n) is 8.17. The van der Waals surface area contributed by atoms with E-state index in [-0.39, 0.29) is 30.5 Å². The van der Waals surface area contributed by atoms with Gasteiger partial charge in [0.1, 0.15) is 5.75 Å². The molecule has 0 aliphatic heterocycles. The van der Waals surface area contributed by atoms with Crippen molar-refractivity contribution in [3.63, 3.8) is 0 Å². The second-order valence-electron chi connectivity index (χ2n) is 5.67. The predicted octanol–water partition coefficient (Wildman–Crippen LogP) is 3.87. The maximum atomic E-state index is 12.3. The Hall–Kier alpha value is -2.91. The minimum atomic E-state index is -4.49. The minimum Gasteiger partial charge on any atom is -0.468 e. The number of hydrogen-bond acceptors (Lipinski definition) is 4. The lowest BCUT2D eigenvalue weighted by molar-refractivity contribution is -0.154. The highest BCUT2D eigenvalue weighted by atomic mass is 19.4. The Balaban J connectivity index is 1.81. The first kappa shape index (κ1) is 21.4. The fourth-order valence-electron chi connectivity index (χ4n) is 2.22. The lowest BCUT2D eigenvalue weighted by Crippen LogP contribution is -2.24. The van der Waals surface area contributed by atoms with E-state index in [1.807, 2.05) is 0 Å². The quantitative estimate of drug-likeness (QED) is 0.645. The topological polar surface area (TPSA) is 60.5 Å². The highest BCUT2D eigenvalue weighted by Crippen LogP contribution is 2.20. The molecule has 0 unspecified atom stereocenters. The van der Waals surface area contributed by atoms with Gasteiger partial charge in [0.05, 0.1) is 0 Å². The van der Waals surface area contributed by atoms with Crippen LogP contribution in [0.3, 0.4) is 0 Å². The summed E-state index contributed by atoms with van der Waals surface area (Å²) in [5, 5.41) is 2.58. The van der Waals surface area contributed by atoms with E-state index in [0.29, 0.717) is 12.0 Å². The molecule has 0 bridgehead atoms. The van der Waals surface area contributed by atoms with Crippen molar-refractivity contribution in [2.24, 2.45) is 0 Å². The zero-order chi connectivity index (χ0) is 20.6. The van der Waals surface area contributed by atoms with E-state index < -0.39 is 19.4 Å².